The highest BCUT2D eigenvalue weighted by Gasteiger charge is 2.18. The largest absolute Gasteiger partial charge is 0.481 e. The highest BCUT2D eigenvalue weighted by Crippen LogP contribution is 2.09. The van der Waals surface area contributed by atoms with Crippen LogP contribution in [0.2, 0.25) is 0 Å². The third-order valence-electron chi connectivity index (χ3n) is 2.86. The molecular formula is C12H18N2O3. The molecule has 0 aliphatic carbocycles. The second kappa shape index (κ2) is 5.52. The van der Waals surface area contributed by atoms with Gasteiger partial charge in [-0.1, -0.05) is 0 Å². The molecule has 1 rings (SSSR count). The number of nitrogens with zero attached hydrogens (tertiary/aromatic N) is 2. The molecule has 1 heterocycles. The lowest BCUT2D eigenvalue weighted by molar-refractivity contribution is -0.137. The molecule has 5 heteroatoms. The molecule has 17 heavy (non-hydrogen) atoms. The van der Waals surface area contributed by atoms with Gasteiger partial charge in [0.1, 0.15) is 5.69 Å². The zero-order valence-electron chi connectivity index (χ0n) is 10.4. The molecule has 0 saturated heterocycles. The molecule has 0 saturated carbocycles. The van der Waals surface area contributed by atoms with Crippen LogP contribution in [0.1, 0.15) is 29.5 Å². The fourth-order valence-corrected chi connectivity index (χ4v) is 1.62. The van der Waals surface area contributed by atoms with Gasteiger partial charge in [0.2, 0.25) is 0 Å². The van der Waals surface area contributed by atoms with Crippen molar-refractivity contribution in [3.63, 3.8) is 0 Å². The fraction of sp³-hybridized carbons (Fsp3) is 0.500. The molecule has 0 radical (unpaired) electrons. The summed E-state index contributed by atoms with van der Waals surface area (Å²) in [5.41, 5.74) is 1.59. The molecule has 94 valence electrons. The lowest BCUT2D eigenvalue weighted by Crippen LogP contribution is -2.34. The maximum Gasteiger partial charge on any atom is 0.305 e. The summed E-state index contributed by atoms with van der Waals surface area (Å²) in [6.07, 6.45) is -0.0248. The van der Waals surface area contributed by atoms with E-state index < -0.39 is 5.97 Å². The summed E-state index contributed by atoms with van der Waals surface area (Å²) in [6, 6.07) is 3.64. The van der Waals surface area contributed by atoms with Crippen LogP contribution in [0.5, 0.6) is 0 Å². The van der Waals surface area contributed by atoms with Gasteiger partial charge in [-0.05, 0) is 26.0 Å². The predicted molar refractivity (Wildman–Crippen MR) is 64.0 cm³/mol. The number of aliphatic carboxylic acids is 1. The number of carbonyl (C=O) groups is 2. The van der Waals surface area contributed by atoms with E-state index in [1.54, 1.807) is 11.0 Å². The van der Waals surface area contributed by atoms with Crippen molar-refractivity contribution in [1.29, 1.82) is 0 Å². The molecule has 0 aliphatic rings. The van der Waals surface area contributed by atoms with E-state index >= 15 is 0 Å². The molecular weight excluding hydrogens is 220 g/mol. The van der Waals surface area contributed by atoms with Crippen molar-refractivity contribution in [3.8, 4) is 0 Å². The summed E-state index contributed by atoms with van der Waals surface area (Å²) in [7, 11) is 1.83. The number of aromatic nitrogens is 1. The van der Waals surface area contributed by atoms with Crippen LogP contribution in [0.3, 0.4) is 0 Å². The Bertz CT molecular complexity index is 423. The third kappa shape index (κ3) is 3.09. The van der Waals surface area contributed by atoms with Crippen LogP contribution in [-0.4, -0.2) is 39.5 Å². The van der Waals surface area contributed by atoms with Crippen molar-refractivity contribution in [2.75, 3.05) is 13.1 Å². The minimum Gasteiger partial charge on any atom is -0.481 e. The molecule has 1 amide bonds. The van der Waals surface area contributed by atoms with Gasteiger partial charge in [0, 0.05) is 25.8 Å². The molecule has 0 unspecified atom stereocenters. The summed E-state index contributed by atoms with van der Waals surface area (Å²) in [5, 5.41) is 8.63. The smallest absolute Gasteiger partial charge is 0.305 e. The van der Waals surface area contributed by atoms with Gasteiger partial charge in [-0.3, -0.25) is 9.59 Å². The van der Waals surface area contributed by atoms with Crippen LogP contribution >= 0.6 is 0 Å². The van der Waals surface area contributed by atoms with Gasteiger partial charge in [-0.15, -0.1) is 0 Å². The van der Waals surface area contributed by atoms with E-state index in [2.05, 4.69) is 0 Å². The summed E-state index contributed by atoms with van der Waals surface area (Å²) in [6.45, 7) is 4.52. The van der Waals surface area contributed by atoms with E-state index in [4.69, 9.17) is 5.11 Å². The summed E-state index contributed by atoms with van der Waals surface area (Å²) < 4.78 is 1.81. The Morgan fingerprint density at radius 1 is 1.41 bits per heavy atom. The quantitative estimate of drug-likeness (QED) is 0.840. The van der Waals surface area contributed by atoms with Crippen LogP contribution in [-0.2, 0) is 11.8 Å². The molecule has 0 bridgehead atoms. The van der Waals surface area contributed by atoms with Crippen molar-refractivity contribution in [3.05, 3.63) is 23.5 Å². The molecule has 1 N–H and O–H groups in total. The maximum atomic E-state index is 12.1. The van der Waals surface area contributed by atoms with Crippen molar-refractivity contribution < 1.29 is 14.7 Å². The van der Waals surface area contributed by atoms with E-state index in [1.165, 1.54) is 0 Å². The third-order valence-corrected chi connectivity index (χ3v) is 2.86. The van der Waals surface area contributed by atoms with Gasteiger partial charge in [0.15, 0.2) is 0 Å². The topological polar surface area (TPSA) is 62.5 Å². The van der Waals surface area contributed by atoms with Crippen LogP contribution in [0.15, 0.2) is 12.1 Å². The maximum absolute atomic E-state index is 12.1. The van der Waals surface area contributed by atoms with Gasteiger partial charge < -0.3 is 14.6 Å². The minimum atomic E-state index is -0.890. The molecule has 0 aromatic carbocycles. The number of hydrogen-bond acceptors (Lipinski definition) is 2. The number of aryl methyl sites for hydroxylation is 1. The number of carboxylic acids is 1. The molecule has 0 aliphatic heterocycles. The zero-order chi connectivity index (χ0) is 13.0. The lowest BCUT2D eigenvalue weighted by atomic mass is 10.3. The number of rotatable bonds is 5. The Balaban J connectivity index is 2.79. The van der Waals surface area contributed by atoms with Gasteiger partial charge in [0.05, 0.1) is 6.42 Å². The second-order valence-electron chi connectivity index (χ2n) is 3.95. The van der Waals surface area contributed by atoms with E-state index in [9.17, 15) is 9.59 Å². The predicted octanol–water partition coefficient (Wildman–Crippen LogP) is 1.27. The first-order valence-electron chi connectivity index (χ1n) is 5.60. The van der Waals surface area contributed by atoms with Crippen LogP contribution < -0.4 is 0 Å². The Morgan fingerprint density at radius 2 is 2.06 bits per heavy atom. The average molecular weight is 238 g/mol. The van der Waals surface area contributed by atoms with Gasteiger partial charge in [-0.2, -0.15) is 0 Å². The highest BCUT2D eigenvalue weighted by molar-refractivity contribution is 5.93. The molecule has 0 spiro atoms. The number of hydrogen-bond donors (Lipinski definition) is 1. The number of amides is 1. The average Bonchev–Trinajstić information content (AvgIpc) is 2.60. The van der Waals surface area contributed by atoms with Crippen LogP contribution in [0, 0.1) is 6.92 Å². The SMILES string of the molecule is CCN(CCC(=O)O)C(=O)c1ccc(C)n1C. The number of carboxylic acid groups (broad SMARTS) is 1. The normalized spacial score (nSPS) is 10.3. The van der Waals surface area contributed by atoms with Gasteiger partial charge in [-0.25, -0.2) is 0 Å². The monoisotopic (exact) mass is 238 g/mol. The first kappa shape index (κ1) is 13.3. The van der Waals surface area contributed by atoms with E-state index in [-0.39, 0.29) is 18.9 Å². The Kier molecular flexibility index (Phi) is 4.31. The fourth-order valence-electron chi connectivity index (χ4n) is 1.62. The van der Waals surface area contributed by atoms with Crippen LogP contribution in [0.25, 0.3) is 0 Å². The molecule has 0 atom stereocenters. The molecule has 0 fully saturated rings. The minimum absolute atomic E-state index is 0.0248. The second-order valence-corrected chi connectivity index (χ2v) is 3.95. The summed E-state index contributed by atoms with van der Waals surface area (Å²) in [5.74, 6) is -1.01. The van der Waals surface area contributed by atoms with Crippen molar-refractivity contribution in [2.45, 2.75) is 20.3 Å². The van der Waals surface area contributed by atoms with Crippen molar-refractivity contribution >= 4 is 11.9 Å². The molecule has 1 aromatic heterocycles. The Morgan fingerprint density at radius 3 is 2.47 bits per heavy atom. The van der Waals surface area contributed by atoms with E-state index in [0.29, 0.717) is 12.2 Å². The van der Waals surface area contributed by atoms with E-state index in [1.807, 2.05) is 31.5 Å². The Hall–Kier alpha value is -1.78. The summed E-state index contributed by atoms with van der Waals surface area (Å²) >= 11 is 0. The zero-order valence-corrected chi connectivity index (χ0v) is 10.4. The molecule has 5 nitrogen and oxygen atoms in total. The molecule has 1 aromatic rings. The number of carbonyl (C=O) groups excluding carboxylic acids is 1. The first-order valence-corrected chi connectivity index (χ1v) is 5.60. The highest BCUT2D eigenvalue weighted by atomic mass is 16.4. The first-order chi connectivity index (χ1) is 7.97. The van der Waals surface area contributed by atoms with Crippen molar-refractivity contribution in [2.24, 2.45) is 7.05 Å². The van der Waals surface area contributed by atoms with E-state index in [0.717, 1.165) is 5.69 Å². The van der Waals surface area contributed by atoms with Gasteiger partial charge >= 0.3 is 5.97 Å². The van der Waals surface area contributed by atoms with Crippen LogP contribution in [0.4, 0.5) is 0 Å². The Labute approximate surface area is 101 Å². The van der Waals surface area contributed by atoms with Crippen molar-refractivity contribution in [1.82, 2.24) is 9.47 Å². The van der Waals surface area contributed by atoms with Gasteiger partial charge in [0.25, 0.3) is 5.91 Å². The standard InChI is InChI=1S/C12H18N2O3/c1-4-14(8-7-11(15)16)12(17)10-6-5-9(2)13(10)3/h5-6H,4,7-8H2,1-3H3,(H,15,16). The summed E-state index contributed by atoms with van der Waals surface area (Å²) in [4.78, 5) is 24.2. The lowest BCUT2D eigenvalue weighted by Gasteiger charge is -2.20.